The Morgan fingerprint density at radius 2 is 1.78 bits per heavy atom. The summed E-state index contributed by atoms with van der Waals surface area (Å²) in [6, 6.07) is 11.1. The van der Waals surface area contributed by atoms with Crippen LogP contribution < -0.4 is 10.9 Å². The lowest BCUT2D eigenvalue weighted by molar-refractivity contribution is -0.137. The first-order valence-electron chi connectivity index (χ1n) is 10.4. The van der Waals surface area contributed by atoms with Crippen LogP contribution in [0, 0.1) is 18.8 Å². The highest BCUT2D eigenvalue weighted by molar-refractivity contribution is 7.90. The van der Waals surface area contributed by atoms with Crippen LogP contribution in [0.4, 0.5) is 13.2 Å². The zero-order chi connectivity index (χ0) is 26.7. The monoisotopic (exact) mass is 518 g/mol. The van der Waals surface area contributed by atoms with Crippen LogP contribution in [0.25, 0.3) is 5.69 Å². The minimum Gasteiger partial charge on any atom is -0.384 e. The van der Waals surface area contributed by atoms with Gasteiger partial charge in [0, 0.05) is 29.7 Å². The molecule has 0 aliphatic carbocycles. The number of hydrogen-bond donors (Lipinski definition) is 2. The summed E-state index contributed by atoms with van der Waals surface area (Å²) < 4.78 is 63.9. The third-order valence-electron chi connectivity index (χ3n) is 5.23. The SMILES string of the molecule is Cc1c(C#CCO)cc(C(=O)NCc2ccc(S(C)(=O)=O)cc2)c(=O)n1-c1cccc(C(F)(F)F)c1. The Labute approximate surface area is 205 Å². The zero-order valence-electron chi connectivity index (χ0n) is 19.2. The molecule has 0 bridgehead atoms. The number of benzene rings is 2. The molecule has 0 saturated heterocycles. The quantitative estimate of drug-likeness (QED) is 0.506. The first-order chi connectivity index (χ1) is 16.8. The Bertz CT molecular complexity index is 1530. The van der Waals surface area contributed by atoms with Gasteiger partial charge in [0.25, 0.3) is 11.5 Å². The molecule has 0 aliphatic heterocycles. The van der Waals surface area contributed by atoms with Gasteiger partial charge in [-0.05, 0) is 48.9 Å². The maximum Gasteiger partial charge on any atom is 0.416 e. The molecule has 36 heavy (non-hydrogen) atoms. The molecule has 1 amide bonds. The number of halogens is 3. The molecule has 0 saturated carbocycles. The van der Waals surface area contributed by atoms with Crippen LogP contribution in [-0.4, -0.2) is 36.9 Å². The second kappa shape index (κ2) is 10.4. The van der Waals surface area contributed by atoms with Crippen molar-refractivity contribution in [2.45, 2.75) is 24.5 Å². The standard InChI is InChI=1S/C25H21F3N2O5S/c1-16-18(5-4-12-31)13-22(23(32)29-15-17-8-10-21(11-9-17)36(2,34)35)24(33)30(16)20-7-3-6-19(14-20)25(26,27)28/h3,6-11,13-14,31H,12,15H2,1-2H3,(H,29,32). The number of carbonyl (C=O) groups excluding carboxylic acids is 1. The third-order valence-corrected chi connectivity index (χ3v) is 6.36. The van der Waals surface area contributed by atoms with Crippen LogP contribution >= 0.6 is 0 Å². The van der Waals surface area contributed by atoms with E-state index in [2.05, 4.69) is 17.2 Å². The summed E-state index contributed by atoms with van der Waals surface area (Å²) in [4.78, 5) is 26.3. The van der Waals surface area contributed by atoms with E-state index >= 15 is 0 Å². The number of pyridine rings is 1. The summed E-state index contributed by atoms with van der Waals surface area (Å²) in [6.45, 7) is 0.915. The summed E-state index contributed by atoms with van der Waals surface area (Å²) in [6.07, 6.45) is -3.58. The van der Waals surface area contributed by atoms with Gasteiger partial charge in [0.05, 0.1) is 10.5 Å². The molecule has 1 aromatic heterocycles. The van der Waals surface area contributed by atoms with Crippen molar-refractivity contribution >= 4 is 15.7 Å². The fourth-order valence-electron chi connectivity index (χ4n) is 3.39. The average Bonchev–Trinajstić information content (AvgIpc) is 2.81. The molecule has 0 aliphatic rings. The van der Waals surface area contributed by atoms with E-state index in [0.717, 1.165) is 29.0 Å². The average molecular weight is 519 g/mol. The van der Waals surface area contributed by atoms with Crippen LogP contribution in [0.3, 0.4) is 0 Å². The predicted molar refractivity (Wildman–Crippen MR) is 126 cm³/mol. The molecule has 11 heteroatoms. The molecule has 1 heterocycles. The number of hydrogen-bond acceptors (Lipinski definition) is 5. The molecule has 0 spiro atoms. The number of alkyl halides is 3. The highest BCUT2D eigenvalue weighted by atomic mass is 32.2. The van der Waals surface area contributed by atoms with E-state index in [9.17, 15) is 31.2 Å². The maximum absolute atomic E-state index is 13.3. The second-order valence-corrected chi connectivity index (χ2v) is 9.82. The Hall–Kier alpha value is -3.88. The van der Waals surface area contributed by atoms with E-state index < -0.39 is 39.7 Å². The minimum atomic E-state index is -4.64. The summed E-state index contributed by atoms with van der Waals surface area (Å²) in [7, 11) is -3.39. The number of carbonyl (C=O) groups is 1. The Morgan fingerprint density at radius 1 is 1.11 bits per heavy atom. The van der Waals surface area contributed by atoms with Gasteiger partial charge in [0.2, 0.25) is 0 Å². The van der Waals surface area contributed by atoms with Crippen molar-refractivity contribution in [3.63, 3.8) is 0 Å². The van der Waals surface area contributed by atoms with Crippen molar-refractivity contribution in [2.24, 2.45) is 0 Å². The number of aromatic nitrogens is 1. The molecular formula is C25H21F3N2O5S. The molecular weight excluding hydrogens is 497 g/mol. The first-order valence-corrected chi connectivity index (χ1v) is 12.3. The van der Waals surface area contributed by atoms with Crippen molar-refractivity contribution in [1.29, 1.82) is 0 Å². The smallest absolute Gasteiger partial charge is 0.384 e. The highest BCUT2D eigenvalue weighted by Gasteiger charge is 2.31. The van der Waals surface area contributed by atoms with E-state index in [0.29, 0.717) is 5.56 Å². The maximum atomic E-state index is 13.3. The predicted octanol–water partition coefficient (Wildman–Crippen LogP) is 2.84. The Kier molecular flexibility index (Phi) is 7.71. The molecule has 0 radical (unpaired) electrons. The fraction of sp³-hybridized carbons (Fsp3) is 0.200. The molecule has 0 unspecified atom stereocenters. The van der Waals surface area contributed by atoms with Crippen LogP contribution in [0.15, 0.2) is 64.3 Å². The summed E-state index contributed by atoms with van der Waals surface area (Å²) in [5.74, 6) is 4.22. The number of nitrogens with zero attached hydrogens (tertiary/aromatic N) is 1. The van der Waals surface area contributed by atoms with Gasteiger partial charge in [-0.3, -0.25) is 14.2 Å². The molecule has 2 aromatic carbocycles. The normalized spacial score (nSPS) is 11.5. The molecule has 7 nitrogen and oxygen atoms in total. The van der Waals surface area contributed by atoms with Gasteiger partial charge in [-0.1, -0.05) is 30.0 Å². The van der Waals surface area contributed by atoms with Crippen molar-refractivity contribution in [3.8, 4) is 17.5 Å². The van der Waals surface area contributed by atoms with Gasteiger partial charge in [-0.25, -0.2) is 8.42 Å². The Balaban J connectivity index is 2.03. The van der Waals surface area contributed by atoms with Gasteiger partial charge in [0.1, 0.15) is 12.2 Å². The molecule has 188 valence electrons. The second-order valence-electron chi connectivity index (χ2n) is 7.80. The van der Waals surface area contributed by atoms with Gasteiger partial charge in [-0.2, -0.15) is 13.2 Å². The summed E-state index contributed by atoms with van der Waals surface area (Å²) >= 11 is 0. The van der Waals surface area contributed by atoms with Crippen molar-refractivity contribution in [2.75, 3.05) is 12.9 Å². The summed E-state index contributed by atoms with van der Waals surface area (Å²) in [5, 5.41) is 11.6. The topological polar surface area (TPSA) is 105 Å². The van der Waals surface area contributed by atoms with Crippen molar-refractivity contribution in [1.82, 2.24) is 9.88 Å². The number of sulfone groups is 1. The van der Waals surface area contributed by atoms with E-state index in [-0.39, 0.29) is 33.9 Å². The van der Waals surface area contributed by atoms with E-state index in [1.165, 1.54) is 43.3 Å². The molecule has 2 N–H and O–H groups in total. The van der Waals surface area contributed by atoms with E-state index in [1.807, 2.05) is 0 Å². The van der Waals surface area contributed by atoms with Crippen LogP contribution in [0.1, 0.15) is 32.7 Å². The van der Waals surface area contributed by atoms with Crippen LogP contribution in [0.5, 0.6) is 0 Å². The molecule has 0 atom stereocenters. The van der Waals surface area contributed by atoms with Gasteiger partial charge in [-0.15, -0.1) is 0 Å². The lowest BCUT2D eigenvalue weighted by Crippen LogP contribution is -2.33. The van der Waals surface area contributed by atoms with Gasteiger partial charge >= 0.3 is 6.18 Å². The largest absolute Gasteiger partial charge is 0.416 e. The third kappa shape index (κ3) is 6.02. The fourth-order valence-corrected chi connectivity index (χ4v) is 4.02. The van der Waals surface area contributed by atoms with Crippen molar-refractivity contribution in [3.05, 3.63) is 92.9 Å². The van der Waals surface area contributed by atoms with E-state index in [4.69, 9.17) is 5.11 Å². The highest BCUT2D eigenvalue weighted by Crippen LogP contribution is 2.30. The Morgan fingerprint density at radius 3 is 2.36 bits per heavy atom. The lowest BCUT2D eigenvalue weighted by atomic mass is 10.1. The zero-order valence-corrected chi connectivity index (χ0v) is 20.0. The number of amides is 1. The van der Waals surface area contributed by atoms with E-state index in [1.54, 1.807) is 0 Å². The van der Waals surface area contributed by atoms with Crippen LogP contribution in [0.2, 0.25) is 0 Å². The first kappa shape index (κ1) is 26.7. The number of aliphatic hydroxyl groups excluding tert-OH is 1. The lowest BCUT2D eigenvalue weighted by Gasteiger charge is -2.16. The molecule has 0 fully saturated rings. The van der Waals surface area contributed by atoms with Crippen LogP contribution in [-0.2, 0) is 22.6 Å². The van der Waals surface area contributed by atoms with Gasteiger partial charge in [0.15, 0.2) is 9.84 Å². The van der Waals surface area contributed by atoms with Gasteiger partial charge < -0.3 is 10.4 Å². The number of nitrogens with one attached hydrogen (secondary N) is 1. The minimum absolute atomic E-state index is 0.0442. The van der Waals surface area contributed by atoms with Crippen molar-refractivity contribution < 1.29 is 31.5 Å². The molecule has 3 rings (SSSR count). The summed E-state index contributed by atoms with van der Waals surface area (Å²) in [5.41, 5.74) is -1.38. The number of rotatable bonds is 5. The number of aliphatic hydroxyl groups is 1. The molecule has 3 aromatic rings.